The van der Waals surface area contributed by atoms with E-state index in [1.54, 1.807) is 12.4 Å². The van der Waals surface area contributed by atoms with E-state index in [1.807, 2.05) is 47.4 Å². The lowest BCUT2D eigenvalue weighted by atomic mass is 10.0. The summed E-state index contributed by atoms with van der Waals surface area (Å²) in [5.74, 6) is -0.493. The Balaban J connectivity index is 1.73. The Morgan fingerprint density at radius 1 is 0.923 bits per heavy atom. The first-order valence-corrected chi connectivity index (χ1v) is 8.63. The average Bonchev–Trinajstić information content (AvgIpc) is 2.95. The molecule has 1 fully saturated rings. The number of rotatable bonds is 4. The van der Waals surface area contributed by atoms with Crippen molar-refractivity contribution in [3.8, 4) is 0 Å². The number of hydrogen-bond acceptors (Lipinski definition) is 5. The molecule has 2 aliphatic heterocycles. The van der Waals surface area contributed by atoms with Gasteiger partial charge in [0.2, 0.25) is 0 Å². The fourth-order valence-electron chi connectivity index (χ4n) is 3.32. The Hall–Kier alpha value is -2.99. The third kappa shape index (κ3) is 2.99. The lowest BCUT2D eigenvalue weighted by Crippen LogP contribution is -2.40. The number of pyridine rings is 1. The molecule has 26 heavy (non-hydrogen) atoms. The molecular weight excluding hydrogens is 330 g/mol. The lowest BCUT2D eigenvalue weighted by molar-refractivity contribution is -0.138. The van der Waals surface area contributed by atoms with Crippen LogP contribution in [0.1, 0.15) is 11.1 Å². The van der Waals surface area contributed by atoms with Gasteiger partial charge in [-0.05, 0) is 23.3 Å². The van der Waals surface area contributed by atoms with Crippen molar-refractivity contribution in [2.45, 2.75) is 6.54 Å². The molecule has 2 amide bonds. The molecule has 132 valence electrons. The molecule has 1 aromatic carbocycles. The maximum atomic E-state index is 13.2. The van der Waals surface area contributed by atoms with E-state index in [0.717, 1.165) is 11.1 Å². The zero-order valence-electron chi connectivity index (χ0n) is 14.3. The van der Waals surface area contributed by atoms with Gasteiger partial charge in [0.25, 0.3) is 11.8 Å². The SMILES string of the molecule is O=C1C(c2ccccc2)=C(N2CCOCC2)C(=O)N1Cc1ccncc1. The monoisotopic (exact) mass is 349 g/mol. The van der Waals surface area contributed by atoms with E-state index in [1.165, 1.54) is 4.90 Å². The van der Waals surface area contributed by atoms with Crippen LogP contribution in [0, 0.1) is 0 Å². The second-order valence-electron chi connectivity index (χ2n) is 6.24. The van der Waals surface area contributed by atoms with Crippen molar-refractivity contribution in [1.82, 2.24) is 14.8 Å². The maximum Gasteiger partial charge on any atom is 0.278 e. The quantitative estimate of drug-likeness (QED) is 0.786. The summed E-state index contributed by atoms with van der Waals surface area (Å²) in [5, 5.41) is 0. The molecule has 0 bridgehead atoms. The summed E-state index contributed by atoms with van der Waals surface area (Å²) in [7, 11) is 0. The maximum absolute atomic E-state index is 13.2. The minimum absolute atomic E-state index is 0.240. The summed E-state index contributed by atoms with van der Waals surface area (Å²) in [6.07, 6.45) is 3.32. The Morgan fingerprint density at radius 3 is 2.31 bits per heavy atom. The van der Waals surface area contributed by atoms with Crippen molar-refractivity contribution in [3.05, 3.63) is 71.7 Å². The number of benzene rings is 1. The van der Waals surface area contributed by atoms with Gasteiger partial charge in [0.05, 0.1) is 25.3 Å². The molecule has 0 atom stereocenters. The molecule has 1 saturated heterocycles. The van der Waals surface area contributed by atoms with Crippen LogP contribution in [-0.4, -0.2) is 52.9 Å². The number of morpholine rings is 1. The first-order valence-electron chi connectivity index (χ1n) is 8.63. The largest absolute Gasteiger partial charge is 0.378 e. The lowest BCUT2D eigenvalue weighted by Gasteiger charge is -2.29. The summed E-state index contributed by atoms with van der Waals surface area (Å²) in [4.78, 5) is 33.6. The van der Waals surface area contributed by atoms with Crippen LogP contribution in [0.25, 0.3) is 5.57 Å². The summed E-state index contributed by atoms with van der Waals surface area (Å²) in [6.45, 7) is 2.56. The fourth-order valence-corrected chi connectivity index (χ4v) is 3.32. The Labute approximate surface area is 151 Å². The minimum Gasteiger partial charge on any atom is -0.378 e. The van der Waals surface area contributed by atoms with E-state index < -0.39 is 0 Å². The second kappa shape index (κ2) is 7.09. The molecule has 0 N–H and O–H groups in total. The predicted molar refractivity (Wildman–Crippen MR) is 95.5 cm³/mol. The highest BCUT2D eigenvalue weighted by atomic mass is 16.5. The molecule has 2 aliphatic rings. The Bertz CT molecular complexity index is 843. The van der Waals surface area contributed by atoms with Crippen molar-refractivity contribution in [2.24, 2.45) is 0 Å². The summed E-state index contributed by atoms with van der Waals surface area (Å²) < 4.78 is 5.40. The van der Waals surface area contributed by atoms with Crippen molar-refractivity contribution >= 4 is 17.4 Å². The highest BCUT2D eigenvalue weighted by Crippen LogP contribution is 2.32. The number of hydrogen-bond donors (Lipinski definition) is 0. The normalized spacial score (nSPS) is 18.0. The van der Waals surface area contributed by atoms with E-state index in [2.05, 4.69) is 4.98 Å². The molecule has 0 unspecified atom stereocenters. The predicted octanol–water partition coefficient (Wildman–Crippen LogP) is 1.69. The van der Waals surface area contributed by atoms with Crippen molar-refractivity contribution in [1.29, 1.82) is 0 Å². The Kier molecular flexibility index (Phi) is 4.50. The van der Waals surface area contributed by atoms with Gasteiger partial charge in [-0.2, -0.15) is 0 Å². The van der Waals surface area contributed by atoms with Crippen LogP contribution in [0.15, 0.2) is 60.6 Å². The van der Waals surface area contributed by atoms with Crippen molar-refractivity contribution in [2.75, 3.05) is 26.3 Å². The molecule has 0 radical (unpaired) electrons. The first kappa shape index (κ1) is 16.5. The highest BCUT2D eigenvalue weighted by Gasteiger charge is 2.41. The summed E-state index contributed by atoms with van der Waals surface area (Å²) >= 11 is 0. The van der Waals surface area contributed by atoms with Crippen LogP contribution in [0.3, 0.4) is 0 Å². The zero-order chi connectivity index (χ0) is 17.9. The molecule has 6 nitrogen and oxygen atoms in total. The van der Waals surface area contributed by atoms with E-state index >= 15 is 0 Å². The van der Waals surface area contributed by atoms with E-state index in [0.29, 0.717) is 37.6 Å². The number of ether oxygens (including phenoxy) is 1. The van der Waals surface area contributed by atoms with Gasteiger partial charge >= 0.3 is 0 Å². The molecular formula is C20H19N3O3. The van der Waals surface area contributed by atoms with Crippen LogP contribution >= 0.6 is 0 Å². The van der Waals surface area contributed by atoms with Crippen LogP contribution in [0.2, 0.25) is 0 Å². The number of aromatic nitrogens is 1. The molecule has 2 aromatic rings. The van der Waals surface area contributed by atoms with Gasteiger partial charge in [0.1, 0.15) is 5.70 Å². The number of carbonyl (C=O) groups is 2. The number of nitrogens with zero attached hydrogens (tertiary/aromatic N) is 3. The first-order chi connectivity index (χ1) is 12.8. The van der Waals surface area contributed by atoms with E-state index in [9.17, 15) is 9.59 Å². The van der Waals surface area contributed by atoms with Gasteiger partial charge in [0, 0.05) is 25.5 Å². The average molecular weight is 349 g/mol. The van der Waals surface area contributed by atoms with Crippen LogP contribution in [0.4, 0.5) is 0 Å². The highest BCUT2D eigenvalue weighted by molar-refractivity contribution is 6.35. The Morgan fingerprint density at radius 2 is 1.62 bits per heavy atom. The molecule has 3 heterocycles. The van der Waals surface area contributed by atoms with E-state index in [4.69, 9.17) is 4.74 Å². The molecule has 1 aromatic heterocycles. The van der Waals surface area contributed by atoms with Crippen LogP contribution in [-0.2, 0) is 20.9 Å². The van der Waals surface area contributed by atoms with Gasteiger partial charge < -0.3 is 9.64 Å². The van der Waals surface area contributed by atoms with Gasteiger partial charge in [-0.3, -0.25) is 19.5 Å². The van der Waals surface area contributed by atoms with Crippen LogP contribution < -0.4 is 0 Å². The smallest absolute Gasteiger partial charge is 0.278 e. The topological polar surface area (TPSA) is 62.7 Å². The van der Waals surface area contributed by atoms with Crippen molar-refractivity contribution < 1.29 is 14.3 Å². The molecule has 0 spiro atoms. The van der Waals surface area contributed by atoms with Gasteiger partial charge in [-0.1, -0.05) is 30.3 Å². The number of amides is 2. The second-order valence-corrected chi connectivity index (χ2v) is 6.24. The minimum atomic E-state index is -0.250. The molecule has 0 saturated carbocycles. The third-order valence-electron chi connectivity index (χ3n) is 4.62. The number of imide groups is 1. The van der Waals surface area contributed by atoms with E-state index in [-0.39, 0.29) is 18.4 Å². The molecule has 0 aliphatic carbocycles. The van der Waals surface area contributed by atoms with Crippen LogP contribution in [0.5, 0.6) is 0 Å². The van der Waals surface area contributed by atoms with Gasteiger partial charge in [0.15, 0.2) is 0 Å². The zero-order valence-corrected chi connectivity index (χ0v) is 14.3. The fraction of sp³-hybridized carbons (Fsp3) is 0.250. The third-order valence-corrected chi connectivity index (χ3v) is 4.62. The summed E-state index contributed by atoms with van der Waals surface area (Å²) in [5.41, 5.74) is 2.60. The summed E-state index contributed by atoms with van der Waals surface area (Å²) in [6, 6.07) is 13.0. The van der Waals surface area contributed by atoms with Crippen molar-refractivity contribution in [3.63, 3.8) is 0 Å². The standard InChI is InChI=1S/C20H19N3O3/c24-19-17(16-4-2-1-3-5-16)18(22-10-12-26-13-11-22)20(25)23(19)14-15-6-8-21-9-7-15/h1-9H,10-14H2. The number of carbonyl (C=O) groups excluding carboxylic acids is 2. The molecule has 6 heteroatoms. The van der Waals surface area contributed by atoms with Gasteiger partial charge in [-0.25, -0.2) is 0 Å². The van der Waals surface area contributed by atoms with Gasteiger partial charge in [-0.15, -0.1) is 0 Å². The molecule has 4 rings (SSSR count).